The number of methoxy groups -OCH3 is 1. The number of ether oxygens (including phenoxy) is 2. The van der Waals surface area contributed by atoms with Crippen molar-refractivity contribution in [2.75, 3.05) is 38.7 Å². The van der Waals surface area contributed by atoms with Gasteiger partial charge in [-0.05, 0) is 13.0 Å². The molecule has 1 aliphatic heterocycles. The van der Waals surface area contributed by atoms with E-state index in [1.54, 1.807) is 4.90 Å². The number of rotatable bonds is 5. The van der Waals surface area contributed by atoms with Gasteiger partial charge in [0.1, 0.15) is 5.75 Å². The molecule has 0 spiro atoms. The van der Waals surface area contributed by atoms with E-state index in [1.165, 1.54) is 25.3 Å². The van der Waals surface area contributed by atoms with Crippen LogP contribution in [-0.4, -0.2) is 55.2 Å². The van der Waals surface area contributed by atoms with E-state index in [9.17, 15) is 14.9 Å². The van der Waals surface area contributed by atoms with Crippen molar-refractivity contribution in [1.82, 2.24) is 4.90 Å². The van der Waals surface area contributed by atoms with Crippen LogP contribution in [0.3, 0.4) is 0 Å². The summed E-state index contributed by atoms with van der Waals surface area (Å²) >= 11 is 0. The van der Waals surface area contributed by atoms with Crippen LogP contribution in [0.25, 0.3) is 0 Å². The first kappa shape index (κ1) is 16.0. The number of anilines is 1. The topological polar surface area (TPSA) is 93.9 Å². The first-order valence-electron chi connectivity index (χ1n) is 6.97. The van der Waals surface area contributed by atoms with Crippen LogP contribution >= 0.6 is 0 Å². The van der Waals surface area contributed by atoms with Crippen molar-refractivity contribution in [1.29, 1.82) is 0 Å². The molecule has 1 aromatic rings. The predicted molar refractivity (Wildman–Crippen MR) is 80.1 cm³/mol. The van der Waals surface area contributed by atoms with Crippen LogP contribution in [0.1, 0.15) is 6.92 Å². The van der Waals surface area contributed by atoms with Crippen LogP contribution in [0.2, 0.25) is 0 Å². The average molecular weight is 309 g/mol. The van der Waals surface area contributed by atoms with Gasteiger partial charge in [0.2, 0.25) is 5.91 Å². The minimum absolute atomic E-state index is 0.0186. The number of nitro benzene ring substituents is 1. The zero-order chi connectivity index (χ0) is 16.1. The summed E-state index contributed by atoms with van der Waals surface area (Å²) in [5, 5.41) is 13.7. The van der Waals surface area contributed by atoms with E-state index < -0.39 is 4.92 Å². The standard InChI is InChI=1S/C14H19N3O5/c1-10-9-16(5-6-22-10)14(18)8-15-12-7-11(17(19)20)3-4-13(12)21-2/h3-4,7,10,15H,5-6,8-9H2,1-2H3/t10-/m1/s1. The van der Waals surface area contributed by atoms with Crippen LogP contribution in [-0.2, 0) is 9.53 Å². The molecule has 0 radical (unpaired) electrons. The molecule has 1 aliphatic rings. The summed E-state index contributed by atoms with van der Waals surface area (Å²) in [7, 11) is 1.47. The molecule has 1 fully saturated rings. The van der Waals surface area contributed by atoms with Crippen molar-refractivity contribution >= 4 is 17.3 Å². The summed E-state index contributed by atoms with van der Waals surface area (Å²) in [4.78, 5) is 24.2. The lowest BCUT2D eigenvalue weighted by Crippen LogP contribution is -2.46. The Labute approximate surface area is 128 Å². The number of carbonyl (C=O) groups is 1. The smallest absolute Gasteiger partial charge is 0.271 e. The number of hydrogen-bond acceptors (Lipinski definition) is 6. The van der Waals surface area contributed by atoms with Gasteiger partial charge >= 0.3 is 0 Å². The second-order valence-electron chi connectivity index (χ2n) is 5.02. The first-order chi connectivity index (χ1) is 10.5. The number of morpholine rings is 1. The minimum atomic E-state index is -0.490. The maximum Gasteiger partial charge on any atom is 0.271 e. The fourth-order valence-corrected chi connectivity index (χ4v) is 2.28. The molecule has 1 atom stereocenters. The lowest BCUT2D eigenvalue weighted by atomic mass is 10.2. The summed E-state index contributed by atoms with van der Waals surface area (Å²) in [5.41, 5.74) is 0.363. The van der Waals surface area contributed by atoms with Gasteiger partial charge in [-0.15, -0.1) is 0 Å². The maximum atomic E-state index is 12.2. The summed E-state index contributed by atoms with van der Waals surface area (Å²) in [6.45, 7) is 3.58. The zero-order valence-corrected chi connectivity index (χ0v) is 12.6. The second kappa shape index (κ2) is 7.08. The molecule has 0 aromatic heterocycles. The molecule has 0 unspecified atom stereocenters. The van der Waals surface area contributed by atoms with Crippen molar-refractivity contribution < 1.29 is 19.2 Å². The van der Waals surface area contributed by atoms with Gasteiger partial charge in [0.15, 0.2) is 0 Å². The molecule has 1 saturated heterocycles. The Morgan fingerprint density at radius 1 is 1.59 bits per heavy atom. The molecule has 0 aliphatic carbocycles. The molecular formula is C14H19N3O5. The Bertz CT molecular complexity index is 563. The minimum Gasteiger partial charge on any atom is -0.495 e. The van der Waals surface area contributed by atoms with Gasteiger partial charge in [0.05, 0.1) is 37.0 Å². The predicted octanol–water partition coefficient (Wildman–Crippen LogP) is 1.26. The average Bonchev–Trinajstić information content (AvgIpc) is 2.52. The number of carbonyl (C=O) groups excluding carboxylic acids is 1. The number of nitrogens with zero attached hydrogens (tertiary/aromatic N) is 2. The fourth-order valence-electron chi connectivity index (χ4n) is 2.28. The Hall–Kier alpha value is -2.35. The number of nitrogens with one attached hydrogen (secondary N) is 1. The summed E-state index contributed by atoms with van der Waals surface area (Å²) in [6.07, 6.45) is 0.0186. The van der Waals surface area contributed by atoms with E-state index >= 15 is 0 Å². The highest BCUT2D eigenvalue weighted by Crippen LogP contribution is 2.28. The van der Waals surface area contributed by atoms with Crippen LogP contribution in [0, 0.1) is 10.1 Å². The van der Waals surface area contributed by atoms with E-state index in [2.05, 4.69) is 5.32 Å². The Balaban J connectivity index is 2.02. The van der Waals surface area contributed by atoms with Crippen molar-refractivity contribution in [3.8, 4) is 5.75 Å². The van der Waals surface area contributed by atoms with Gasteiger partial charge in [-0.1, -0.05) is 0 Å². The van der Waals surface area contributed by atoms with Gasteiger partial charge in [-0.2, -0.15) is 0 Å². The highest BCUT2D eigenvalue weighted by atomic mass is 16.6. The third-order valence-corrected chi connectivity index (χ3v) is 3.42. The van der Waals surface area contributed by atoms with Gasteiger partial charge in [-0.25, -0.2) is 0 Å². The third kappa shape index (κ3) is 3.85. The second-order valence-corrected chi connectivity index (χ2v) is 5.02. The molecule has 8 nitrogen and oxygen atoms in total. The monoisotopic (exact) mass is 309 g/mol. The quantitative estimate of drug-likeness (QED) is 0.650. The number of amides is 1. The summed E-state index contributed by atoms with van der Waals surface area (Å²) < 4.78 is 10.5. The van der Waals surface area contributed by atoms with Crippen molar-refractivity contribution in [3.63, 3.8) is 0 Å². The zero-order valence-electron chi connectivity index (χ0n) is 12.6. The van der Waals surface area contributed by atoms with Gasteiger partial charge in [0, 0.05) is 25.2 Å². The lowest BCUT2D eigenvalue weighted by Gasteiger charge is -2.31. The molecule has 1 amide bonds. The normalized spacial score (nSPS) is 17.9. The van der Waals surface area contributed by atoms with Crippen LogP contribution in [0.15, 0.2) is 18.2 Å². The van der Waals surface area contributed by atoms with E-state index in [1.807, 2.05) is 6.92 Å². The third-order valence-electron chi connectivity index (χ3n) is 3.42. The molecule has 0 saturated carbocycles. The van der Waals surface area contributed by atoms with E-state index in [4.69, 9.17) is 9.47 Å². The van der Waals surface area contributed by atoms with E-state index in [0.29, 0.717) is 31.1 Å². The highest BCUT2D eigenvalue weighted by Gasteiger charge is 2.21. The molecule has 1 heterocycles. The maximum absolute atomic E-state index is 12.2. The van der Waals surface area contributed by atoms with Crippen molar-refractivity contribution in [3.05, 3.63) is 28.3 Å². The molecule has 8 heteroatoms. The van der Waals surface area contributed by atoms with E-state index in [-0.39, 0.29) is 24.2 Å². The molecule has 1 aromatic carbocycles. The number of benzene rings is 1. The summed E-state index contributed by atoms with van der Waals surface area (Å²) in [5.74, 6) is 0.373. The van der Waals surface area contributed by atoms with Crippen molar-refractivity contribution in [2.45, 2.75) is 13.0 Å². The van der Waals surface area contributed by atoms with E-state index in [0.717, 1.165) is 0 Å². The number of nitro groups is 1. The van der Waals surface area contributed by atoms with Crippen LogP contribution in [0.4, 0.5) is 11.4 Å². The van der Waals surface area contributed by atoms with Crippen molar-refractivity contribution in [2.24, 2.45) is 0 Å². The molecule has 120 valence electrons. The number of hydrogen-bond donors (Lipinski definition) is 1. The first-order valence-corrected chi connectivity index (χ1v) is 6.97. The largest absolute Gasteiger partial charge is 0.495 e. The molecule has 2 rings (SSSR count). The van der Waals surface area contributed by atoms with Gasteiger partial charge in [0.25, 0.3) is 5.69 Å². The Kier molecular flexibility index (Phi) is 5.16. The molecule has 1 N–H and O–H groups in total. The van der Waals surface area contributed by atoms with Crippen LogP contribution < -0.4 is 10.1 Å². The Morgan fingerprint density at radius 3 is 3.00 bits per heavy atom. The molecule has 0 bridgehead atoms. The fraction of sp³-hybridized carbons (Fsp3) is 0.500. The Morgan fingerprint density at radius 2 is 2.36 bits per heavy atom. The van der Waals surface area contributed by atoms with Crippen LogP contribution in [0.5, 0.6) is 5.75 Å². The van der Waals surface area contributed by atoms with Gasteiger partial charge in [-0.3, -0.25) is 14.9 Å². The summed E-state index contributed by atoms with van der Waals surface area (Å²) in [6, 6.07) is 4.21. The van der Waals surface area contributed by atoms with Gasteiger partial charge < -0.3 is 19.7 Å². The molecular weight excluding hydrogens is 290 g/mol. The SMILES string of the molecule is COc1ccc([N+](=O)[O-])cc1NCC(=O)N1CCO[C@H](C)C1. The lowest BCUT2D eigenvalue weighted by molar-refractivity contribution is -0.384. The highest BCUT2D eigenvalue weighted by molar-refractivity contribution is 5.81. The molecule has 22 heavy (non-hydrogen) atoms. The number of non-ortho nitro benzene ring substituents is 1.